The minimum absolute atomic E-state index is 0.0767. The van der Waals surface area contributed by atoms with Crippen LogP contribution in [0.15, 0.2) is 41.4 Å². The van der Waals surface area contributed by atoms with E-state index in [4.69, 9.17) is 23.2 Å². The van der Waals surface area contributed by atoms with E-state index in [1.54, 1.807) is 0 Å². The number of carbonyl (C=O) groups is 1. The van der Waals surface area contributed by atoms with E-state index in [1.165, 1.54) is 24.3 Å². The maximum Gasteiger partial charge on any atom is 0.195 e. The number of aldehydes is 1. The summed E-state index contributed by atoms with van der Waals surface area (Å²) in [6, 6.07) is 7.79. The van der Waals surface area contributed by atoms with Gasteiger partial charge in [0.25, 0.3) is 0 Å². The van der Waals surface area contributed by atoms with Gasteiger partial charge < -0.3 is 4.98 Å². The van der Waals surface area contributed by atoms with Crippen LogP contribution in [0, 0.1) is 11.6 Å². The zero-order chi connectivity index (χ0) is 20.6. The molecule has 2 aromatic carbocycles. The second kappa shape index (κ2) is 7.62. The largest absolute Gasteiger partial charge is 0.338 e. The average Bonchev–Trinajstić information content (AvgIpc) is 3.06. The highest BCUT2D eigenvalue weighted by atomic mass is 35.5. The molecule has 0 spiro atoms. The van der Waals surface area contributed by atoms with Crippen LogP contribution >= 0.6 is 23.2 Å². The van der Waals surface area contributed by atoms with Crippen LogP contribution in [-0.2, 0) is 9.84 Å². The Hall–Kier alpha value is -2.29. The molecule has 3 rings (SSSR count). The molecule has 5 nitrogen and oxygen atoms in total. The SMILES string of the molecule is CS(=O)(=O)c1nc(C(c2ccc(F)c(Cl)c2)c2ccc(F)c(Cl)c2)[nH]c1C=O. The number of nitrogens with zero attached hydrogens (tertiary/aromatic N) is 1. The fraction of sp³-hybridized carbons (Fsp3) is 0.111. The Bertz CT molecular complexity index is 1130. The van der Waals surface area contributed by atoms with E-state index in [1.807, 2.05) is 0 Å². The molecule has 0 aliphatic carbocycles. The van der Waals surface area contributed by atoms with Gasteiger partial charge in [0.15, 0.2) is 21.1 Å². The van der Waals surface area contributed by atoms with Gasteiger partial charge in [0.1, 0.15) is 23.2 Å². The molecule has 1 N–H and O–H groups in total. The molecule has 0 aliphatic heterocycles. The third kappa shape index (κ3) is 3.94. The van der Waals surface area contributed by atoms with Gasteiger partial charge in [-0.15, -0.1) is 0 Å². The molecule has 0 saturated heterocycles. The van der Waals surface area contributed by atoms with Gasteiger partial charge >= 0.3 is 0 Å². The second-order valence-electron chi connectivity index (χ2n) is 6.01. The monoisotopic (exact) mass is 444 g/mol. The van der Waals surface area contributed by atoms with Crippen molar-refractivity contribution in [3.63, 3.8) is 0 Å². The first kappa shape index (κ1) is 20.4. The summed E-state index contributed by atoms with van der Waals surface area (Å²) in [5.41, 5.74) is 0.629. The van der Waals surface area contributed by atoms with Crippen molar-refractivity contribution in [1.82, 2.24) is 9.97 Å². The number of rotatable bonds is 5. The molecule has 0 amide bonds. The van der Waals surface area contributed by atoms with Gasteiger partial charge in [-0.25, -0.2) is 22.2 Å². The van der Waals surface area contributed by atoms with Crippen molar-refractivity contribution in [3.05, 3.63) is 80.7 Å². The van der Waals surface area contributed by atoms with E-state index < -0.39 is 32.4 Å². The molecule has 1 heterocycles. The van der Waals surface area contributed by atoms with E-state index in [0.29, 0.717) is 17.4 Å². The van der Waals surface area contributed by atoms with Gasteiger partial charge in [-0.05, 0) is 35.4 Å². The lowest BCUT2D eigenvalue weighted by molar-refractivity contribution is 0.111. The molecule has 0 bridgehead atoms. The third-order valence-corrected chi connectivity index (χ3v) is 5.60. The Labute approximate surface area is 169 Å². The number of imidazole rings is 1. The molecule has 3 aromatic rings. The first-order valence-corrected chi connectivity index (χ1v) is 10.4. The first-order valence-electron chi connectivity index (χ1n) is 7.77. The quantitative estimate of drug-likeness (QED) is 0.591. The van der Waals surface area contributed by atoms with Crippen molar-refractivity contribution in [2.45, 2.75) is 10.9 Å². The van der Waals surface area contributed by atoms with Gasteiger partial charge in [0.05, 0.1) is 16.0 Å². The predicted octanol–water partition coefficient (Wildman–Crippen LogP) is 4.39. The van der Waals surface area contributed by atoms with Crippen LogP contribution in [0.4, 0.5) is 8.78 Å². The number of H-pyrrole nitrogens is 1. The Morgan fingerprint density at radius 1 is 1.04 bits per heavy atom. The highest BCUT2D eigenvalue weighted by Gasteiger charge is 2.27. The van der Waals surface area contributed by atoms with Crippen molar-refractivity contribution in [1.29, 1.82) is 0 Å². The summed E-state index contributed by atoms with van der Waals surface area (Å²) in [6.07, 6.45) is 1.25. The fourth-order valence-corrected chi connectivity index (χ4v) is 3.92. The van der Waals surface area contributed by atoms with E-state index >= 15 is 0 Å². The van der Waals surface area contributed by atoms with Crippen molar-refractivity contribution < 1.29 is 22.0 Å². The minimum atomic E-state index is -3.80. The smallest absolute Gasteiger partial charge is 0.195 e. The number of hydrogen-bond donors (Lipinski definition) is 1. The van der Waals surface area contributed by atoms with Gasteiger partial charge in [-0.3, -0.25) is 4.79 Å². The van der Waals surface area contributed by atoms with Crippen LogP contribution in [0.25, 0.3) is 0 Å². The predicted molar refractivity (Wildman–Crippen MR) is 101 cm³/mol. The Morgan fingerprint density at radius 2 is 1.54 bits per heavy atom. The molecular formula is C18H12Cl2F2N2O3S. The number of nitrogens with one attached hydrogen (secondary N) is 1. The summed E-state index contributed by atoms with van der Waals surface area (Å²) in [4.78, 5) is 18.0. The Kier molecular flexibility index (Phi) is 5.56. The van der Waals surface area contributed by atoms with E-state index in [9.17, 15) is 22.0 Å². The van der Waals surface area contributed by atoms with Crippen LogP contribution in [0.2, 0.25) is 10.0 Å². The average molecular weight is 445 g/mol. The number of hydrogen-bond acceptors (Lipinski definition) is 4. The molecule has 0 aliphatic rings. The third-order valence-electron chi connectivity index (χ3n) is 4.01. The number of carbonyl (C=O) groups excluding carboxylic acids is 1. The molecule has 0 radical (unpaired) electrons. The van der Waals surface area contributed by atoms with Crippen molar-refractivity contribution >= 4 is 39.3 Å². The lowest BCUT2D eigenvalue weighted by Crippen LogP contribution is -2.07. The molecule has 0 saturated carbocycles. The summed E-state index contributed by atoms with van der Waals surface area (Å²) in [6.45, 7) is 0. The number of benzene rings is 2. The van der Waals surface area contributed by atoms with Crippen molar-refractivity contribution in [2.24, 2.45) is 0 Å². The van der Waals surface area contributed by atoms with Gasteiger partial charge in [0.2, 0.25) is 0 Å². The Morgan fingerprint density at radius 3 is 1.89 bits per heavy atom. The van der Waals surface area contributed by atoms with Crippen molar-refractivity contribution in [2.75, 3.05) is 6.26 Å². The van der Waals surface area contributed by atoms with Gasteiger partial charge in [0, 0.05) is 6.26 Å². The standard InChI is InChI=1S/C18H12Cl2F2N2O3S/c1-28(26,27)18-15(8-25)23-17(24-18)16(9-2-4-13(21)11(19)6-9)10-3-5-14(22)12(20)7-10/h2-8,16H,1H3,(H,23,24). The highest BCUT2D eigenvalue weighted by molar-refractivity contribution is 7.90. The summed E-state index contributed by atoms with van der Waals surface area (Å²) >= 11 is 11.8. The highest BCUT2D eigenvalue weighted by Crippen LogP contribution is 2.35. The number of halogens is 4. The summed E-state index contributed by atoms with van der Waals surface area (Å²) in [5, 5.41) is -0.758. The maximum absolute atomic E-state index is 13.6. The molecule has 0 atom stereocenters. The zero-order valence-electron chi connectivity index (χ0n) is 14.2. The zero-order valence-corrected chi connectivity index (χ0v) is 16.5. The molecule has 10 heteroatoms. The van der Waals surface area contributed by atoms with Crippen LogP contribution in [0.1, 0.15) is 33.4 Å². The summed E-state index contributed by atoms with van der Waals surface area (Å²) in [5.74, 6) is -2.03. The summed E-state index contributed by atoms with van der Waals surface area (Å²) in [7, 11) is -3.80. The van der Waals surface area contributed by atoms with E-state index in [0.717, 1.165) is 18.4 Å². The number of sulfone groups is 1. The normalized spacial score (nSPS) is 11.8. The van der Waals surface area contributed by atoms with Gasteiger partial charge in [-0.1, -0.05) is 35.3 Å². The molecular weight excluding hydrogens is 433 g/mol. The topological polar surface area (TPSA) is 79.9 Å². The number of aromatic amines is 1. The van der Waals surface area contributed by atoms with E-state index in [-0.39, 0.29) is 21.6 Å². The molecule has 0 fully saturated rings. The molecule has 0 unspecified atom stereocenters. The fourth-order valence-electron chi connectivity index (χ4n) is 2.78. The minimum Gasteiger partial charge on any atom is -0.338 e. The molecule has 28 heavy (non-hydrogen) atoms. The van der Waals surface area contributed by atoms with Crippen LogP contribution < -0.4 is 0 Å². The lowest BCUT2D eigenvalue weighted by atomic mass is 9.90. The lowest BCUT2D eigenvalue weighted by Gasteiger charge is -2.17. The summed E-state index contributed by atoms with van der Waals surface area (Å²) < 4.78 is 51.1. The second-order valence-corrected chi connectivity index (χ2v) is 8.76. The Balaban J connectivity index is 2.27. The van der Waals surface area contributed by atoms with E-state index in [2.05, 4.69) is 9.97 Å². The van der Waals surface area contributed by atoms with Crippen LogP contribution in [-0.4, -0.2) is 30.9 Å². The van der Waals surface area contributed by atoms with Crippen LogP contribution in [0.3, 0.4) is 0 Å². The van der Waals surface area contributed by atoms with Crippen molar-refractivity contribution in [3.8, 4) is 0 Å². The van der Waals surface area contributed by atoms with Crippen LogP contribution in [0.5, 0.6) is 0 Å². The molecule has 146 valence electrons. The molecule has 1 aromatic heterocycles. The van der Waals surface area contributed by atoms with Gasteiger partial charge in [-0.2, -0.15) is 0 Å². The maximum atomic E-state index is 13.6. The number of aromatic nitrogens is 2. The first-order chi connectivity index (χ1) is 13.1.